The first-order valence-electron chi connectivity index (χ1n) is 11.2. The summed E-state index contributed by atoms with van der Waals surface area (Å²) in [4.78, 5) is 39.4. The molecule has 2 fully saturated rings. The van der Waals surface area contributed by atoms with Crippen molar-refractivity contribution >= 4 is 34.6 Å². The number of fused-ring (bicyclic) bond motifs is 1. The molecule has 2 atom stereocenters. The highest BCUT2D eigenvalue weighted by molar-refractivity contribution is 6.05. The van der Waals surface area contributed by atoms with E-state index >= 15 is 0 Å². The summed E-state index contributed by atoms with van der Waals surface area (Å²) in [7, 11) is 0. The predicted octanol–water partition coefficient (Wildman–Crippen LogP) is 3.65. The van der Waals surface area contributed by atoms with Crippen molar-refractivity contribution in [3.05, 3.63) is 30.5 Å². The van der Waals surface area contributed by atoms with E-state index in [2.05, 4.69) is 17.6 Å². The van der Waals surface area contributed by atoms with Crippen LogP contribution in [-0.2, 0) is 4.79 Å². The molecule has 1 aliphatic carbocycles. The van der Waals surface area contributed by atoms with Gasteiger partial charge in [0.05, 0.1) is 11.2 Å². The predicted molar refractivity (Wildman–Crippen MR) is 120 cm³/mol. The van der Waals surface area contributed by atoms with Crippen LogP contribution < -0.4 is 16.4 Å². The van der Waals surface area contributed by atoms with Gasteiger partial charge in [-0.3, -0.25) is 9.36 Å². The zero-order valence-corrected chi connectivity index (χ0v) is 18.0. The van der Waals surface area contributed by atoms with Crippen molar-refractivity contribution in [2.24, 2.45) is 11.7 Å². The van der Waals surface area contributed by atoms with Crippen LogP contribution in [0.1, 0.15) is 51.9 Å². The summed E-state index contributed by atoms with van der Waals surface area (Å²) in [6, 6.07) is 5.92. The molecule has 0 radical (unpaired) electrons. The molecule has 1 saturated carbocycles. The molecule has 2 aromatic rings. The van der Waals surface area contributed by atoms with Crippen molar-refractivity contribution in [2.75, 3.05) is 11.9 Å². The number of nitrogens with one attached hydrogen (secondary N) is 2. The largest absolute Gasteiger partial charge is 0.352 e. The lowest BCUT2D eigenvalue weighted by molar-refractivity contribution is -0.125. The van der Waals surface area contributed by atoms with Gasteiger partial charge in [0.2, 0.25) is 5.91 Å². The molecule has 1 saturated heterocycles. The minimum atomic E-state index is -0.619. The third kappa shape index (κ3) is 4.38. The fourth-order valence-corrected chi connectivity index (χ4v) is 5.00. The second-order valence-corrected chi connectivity index (χ2v) is 8.75. The average molecular weight is 426 g/mol. The first-order chi connectivity index (χ1) is 15.0. The fraction of sp³-hybridized carbons (Fsp3) is 0.522. The number of carbonyl (C=O) groups is 3. The molecule has 8 heteroatoms. The fourth-order valence-electron chi connectivity index (χ4n) is 5.00. The molecule has 0 spiro atoms. The Balaban J connectivity index is 1.45. The number of primary amides is 1. The Hall–Kier alpha value is -3.03. The van der Waals surface area contributed by atoms with Gasteiger partial charge in [0.25, 0.3) is 0 Å². The van der Waals surface area contributed by atoms with Crippen molar-refractivity contribution in [1.82, 2.24) is 14.8 Å². The van der Waals surface area contributed by atoms with E-state index in [1.165, 1.54) is 30.0 Å². The second-order valence-electron chi connectivity index (χ2n) is 8.75. The lowest BCUT2D eigenvalue weighted by atomic mass is 9.84. The Morgan fingerprint density at radius 1 is 1.06 bits per heavy atom. The number of hydrogen-bond acceptors (Lipinski definition) is 3. The van der Waals surface area contributed by atoms with E-state index < -0.39 is 12.1 Å². The van der Waals surface area contributed by atoms with Crippen LogP contribution in [0.15, 0.2) is 30.5 Å². The molecule has 2 aliphatic rings. The maximum absolute atomic E-state index is 13.0. The number of hydrogen-bond donors (Lipinski definition) is 3. The Bertz CT molecular complexity index is 979. The standard InChI is InChI=1S/C23H31N5O3/c1-15(16-8-3-2-4-9-16)25-21(29)20-12-7-13-27(20)23(31)26-18-14-28(22(24)30)19-11-6-5-10-17(18)19/h5-6,10-11,14-16,20H,2-4,7-9,12-13H2,1H3,(H2,24,30)(H,25,29)(H,26,31)/t15-,20+/m1/s1. The number of aromatic nitrogens is 1. The Morgan fingerprint density at radius 2 is 1.81 bits per heavy atom. The number of likely N-dealkylation sites (tertiary alicyclic amines) is 1. The van der Waals surface area contributed by atoms with Gasteiger partial charge in [-0.2, -0.15) is 0 Å². The molecule has 4 N–H and O–H groups in total. The zero-order valence-electron chi connectivity index (χ0n) is 18.0. The van der Waals surface area contributed by atoms with Gasteiger partial charge in [0.15, 0.2) is 0 Å². The third-order valence-corrected chi connectivity index (χ3v) is 6.73. The first kappa shape index (κ1) is 21.2. The topological polar surface area (TPSA) is 109 Å². The van der Waals surface area contributed by atoms with Crippen LogP contribution in [0.3, 0.4) is 0 Å². The summed E-state index contributed by atoms with van der Waals surface area (Å²) in [5.74, 6) is 0.437. The van der Waals surface area contributed by atoms with E-state index in [1.807, 2.05) is 18.2 Å². The van der Waals surface area contributed by atoms with E-state index in [1.54, 1.807) is 11.0 Å². The van der Waals surface area contributed by atoms with E-state index in [9.17, 15) is 14.4 Å². The Labute approximate surface area is 182 Å². The summed E-state index contributed by atoms with van der Waals surface area (Å²) in [6.45, 7) is 2.60. The SMILES string of the molecule is C[C@@H](NC(=O)[C@@H]1CCCN1C(=O)Nc1cn(C(N)=O)c2ccccc12)C1CCCCC1. The van der Waals surface area contributed by atoms with Gasteiger partial charge in [-0.1, -0.05) is 37.5 Å². The number of nitrogens with zero attached hydrogens (tertiary/aromatic N) is 2. The summed E-state index contributed by atoms with van der Waals surface area (Å²) in [5, 5.41) is 6.77. The maximum atomic E-state index is 13.0. The van der Waals surface area contributed by atoms with Gasteiger partial charge in [0, 0.05) is 24.2 Å². The average Bonchev–Trinajstić information content (AvgIpc) is 3.40. The number of rotatable bonds is 4. The van der Waals surface area contributed by atoms with Crippen molar-refractivity contribution < 1.29 is 14.4 Å². The van der Waals surface area contributed by atoms with E-state index in [0.717, 1.165) is 24.6 Å². The zero-order chi connectivity index (χ0) is 22.0. The van der Waals surface area contributed by atoms with Crippen LogP contribution in [0.2, 0.25) is 0 Å². The number of nitrogens with two attached hydrogens (primary N) is 1. The second kappa shape index (κ2) is 8.99. The van der Waals surface area contributed by atoms with Crippen LogP contribution in [-0.4, -0.2) is 46.1 Å². The molecular weight excluding hydrogens is 394 g/mol. The van der Waals surface area contributed by atoms with Crippen molar-refractivity contribution in [2.45, 2.75) is 64.0 Å². The van der Waals surface area contributed by atoms with E-state index in [-0.39, 0.29) is 18.0 Å². The van der Waals surface area contributed by atoms with E-state index in [4.69, 9.17) is 5.73 Å². The molecule has 1 aromatic carbocycles. The third-order valence-electron chi connectivity index (χ3n) is 6.73. The molecule has 1 aliphatic heterocycles. The summed E-state index contributed by atoms with van der Waals surface area (Å²) < 4.78 is 1.31. The highest BCUT2D eigenvalue weighted by Gasteiger charge is 2.35. The quantitative estimate of drug-likeness (QED) is 0.695. The molecule has 166 valence electrons. The molecule has 0 bridgehead atoms. The van der Waals surface area contributed by atoms with E-state index in [0.29, 0.717) is 30.1 Å². The molecule has 4 amide bonds. The minimum Gasteiger partial charge on any atom is -0.352 e. The van der Waals surface area contributed by atoms with Crippen molar-refractivity contribution in [3.8, 4) is 0 Å². The molecule has 8 nitrogen and oxygen atoms in total. The lowest BCUT2D eigenvalue weighted by Gasteiger charge is -2.31. The van der Waals surface area contributed by atoms with Crippen LogP contribution >= 0.6 is 0 Å². The Kier molecular flexibility index (Phi) is 6.15. The molecular formula is C23H31N5O3. The molecule has 1 aromatic heterocycles. The first-order valence-corrected chi connectivity index (χ1v) is 11.2. The van der Waals surface area contributed by atoms with Crippen LogP contribution in [0.4, 0.5) is 15.3 Å². The monoisotopic (exact) mass is 425 g/mol. The number of benzene rings is 1. The maximum Gasteiger partial charge on any atom is 0.323 e. The highest BCUT2D eigenvalue weighted by atomic mass is 16.2. The van der Waals surface area contributed by atoms with Crippen molar-refractivity contribution in [1.29, 1.82) is 0 Å². The molecule has 4 rings (SSSR count). The molecule has 0 unspecified atom stereocenters. The normalized spacial score (nSPS) is 20.5. The van der Waals surface area contributed by atoms with Gasteiger partial charge in [-0.25, -0.2) is 9.59 Å². The van der Waals surface area contributed by atoms with Crippen molar-refractivity contribution in [3.63, 3.8) is 0 Å². The van der Waals surface area contributed by atoms with Gasteiger partial charge >= 0.3 is 12.1 Å². The number of anilines is 1. The smallest absolute Gasteiger partial charge is 0.323 e. The number of amides is 4. The number of carbonyl (C=O) groups excluding carboxylic acids is 3. The van der Waals surface area contributed by atoms with Crippen LogP contribution in [0, 0.1) is 5.92 Å². The molecule has 31 heavy (non-hydrogen) atoms. The number of para-hydroxylation sites is 1. The Morgan fingerprint density at radius 3 is 2.55 bits per heavy atom. The summed E-state index contributed by atoms with van der Waals surface area (Å²) in [6.07, 6.45) is 9.00. The van der Waals surface area contributed by atoms with Gasteiger partial charge in [-0.15, -0.1) is 0 Å². The van der Waals surface area contributed by atoms with Gasteiger partial charge < -0.3 is 21.3 Å². The minimum absolute atomic E-state index is 0.0784. The summed E-state index contributed by atoms with van der Waals surface area (Å²) in [5.41, 5.74) is 6.59. The summed E-state index contributed by atoms with van der Waals surface area (Å²) >= 11 is 0. The van der Waals surface area contributed by atoms with Crippen LogP contribution in [0.5, 0.6) is 0 Å². The highest BCUT2D eigenvalue weighted by Crippen LogP contribution is 2.28. The number of urea groups is 1. The van der Waals surface area contributed by atoms with Gasteiger partial charge in [0.1, 0.15) is 6.04 Å². The van der Waals surface area contributed by atoms with Crippen LogP contribution in [0.25, 0.3) is 10.9 Å². The van der Waals surface area contributed by atoms with Gasteiger partial charge in [-0.05, 0) is 44.6 Å². The molecule has 2 heterocycles. The lowest BCUT2D eigenvalue weighted by Crippen LogP contribution is -2.50.